The molecule has 0 aromatic carbocycles. The summed E-state index contributed by atoms with van der Waals surface area (Å²) in [5.41, 5.74) is -5.26. The lowest BCUT2D eigenvalue weighted by Gasteiger charge is -2.32. The summed E-state index contributed by atoms with van der Waals surface area (Å²) in [6.45, 7) is 6.34. The topological polar surface area (TPSA) is 189 Å². The summed E-state index contributed by atoms with van der Waals surface area (Å²) in [6, 6.07) is 0. The molecule has 0 aromatic rings. The number of ether oxygens (including phenoxy) is 5. The Morgan fingerprint density at radius 2 is 1.15 bits per heavy atom. The average Bonchev–Trinajstić information content (AvgIpc) is 3.16. The van der Waals surface area contributed by atoms with E-state index in [9.17, 15) is 39.0 Å². The number of carbonyl (C=O) groups excluding carboxylic acids is 6. The fourth-order valence-electron chi connectivity index (χ4n) is 5.94. The molecule has 0 radical (unpaired) electrons. The van der Waals surface area contributed by atoms with Gasteiger partial charge in [0.1, 0.15) is 6.29 Å². The van der Waals surface area contributed by atoms with E-state index in [2.05, 4.69) is 20.8 Å². The Kier molecular flexibility index (Phi) is 24.1. The van der Waals surface area contributed by atoms with E-state index in [4.69, 9.17) is 23.7 Å². The van der Waals surface area contributed by atoms with Crippen LogP contribution in [0.4, 0.5) is 0 Å². The molecule has 3 unspecified atom stereocenters. The first-order chi connectivity index (χ1) is 24.9. The van der Waals surface area contributed by atoms with Crippen molar-refractivity contribution in [1.82, 2.24) is 0 Å². The Bertz CT molecular complexity index is 1080. The summed E-state index contributed by atoms with van der Waals surface area (Å²) < 4.78 is 26.6. The monoisotopic (exact) mass is 742 g/mol. The molecule has 0 spiro atoms. The maximum absolute atomic E-state index is 13.5. The van der Waals surface area contributed by atoms with Gasteiger partial charge in [-0.1, -0.05) is 130 Å². The third kappa shape index (κ3) is 19.1. The Morgan fingerprint density at radius 1 is 0.692 bits per heavy atom. The minimum absolute atomic E-state index is 0.0520. The Labute approximate surface area is 310 Å². The van der Waals surface area contributed by atoms with Gasteiger partial charge in [-0.15, -0.1) is 0 Å². The van der Waals surface area contributed by atoms with E-state index >= 15 is 0 Å². The molecular weight excluding hydrogens is 676 g/mol. The molecule has 0 aliphatic carbocycles. The number of cyclic esters (lactones) is 2. The summed E-state index contributed by atoms with van der Waals surface area (Å²) in [7, 11) is 0. The van der Waals surface area contributed by atoms with Crippen LogP contribution in [0.1, 0.15) is 181 Å². The zero-order valence-corrected chi connectivity index (χ0v) is 32.1. The van der Waals surface area contributed by atoms with Crippen LogP contribution in [0.15, 0.2) is 0 Å². The largest absolute Gasteiger partial charge is 0.466 e. The van der Waals surface area contributed by atoms with Gasteiger partial charge in [-0.2, -0.15) is 0 Å². The summed E-state index contributed by atoms with van der Waals surface area (Å²) in [5.74, 6) is -8.74. The van der Waals surface area contributed by atoms with Crippen molar-refractivity contribution in [2.75, 3.05) is 13.2 Å². The smallest absolute Gasteiger partial charge is 0.423 e. The van der Waals surface area contributed by atoms with E-state index in [1.165, 1.54) is 6.42 Å². The van der Waals surface area contributed by atoms with Crippen LogP contribution in [0.5, 0.6) is 0 Å². The molecule has 300 valence electrons. The second-order valence-electron chi connectivity index (χ2n) is 14.1. The van der Waals surface area contributed by atoms with Crippen LogP contribution in [-0.2, 0) is 52.5 Å². The highest BCUT2D eigenvalue weighted by molar-refractivity contribution is 5.91. The number of rotatable bonds is 31. The first-order valence-electron chi connectivity index (χ1n) is 19.8. The highest BCUT2D eigenvalue weighted by Crippen LogP contribution is 2.34. The van der Waals surface area contributed by atoms with Gasteiger partial charge in [-0.25, -0.2) is 9.59 Å². The van der Waals surface area contributed by atoms with Crippen LogP contribution in [0.3, 0.4) is 0 Å². The molecule has 3 atom stereocenters. The molecule has 0 saturated carbocycles. The van der Waals surface area contributed by atoms with Gasteiger partial charge in [0, 0.05) is 6.42 Å². The molecule has 0 amide bonds. The summed E-state index contributed by atoms with van der Waals surface area (Å²) in [6.07, 6.45) is 14.3. The van der Waals surface area contributed by atoms with Gasteiger partial charge in [0.05, 0.1) is 38.9 Å². The van der Waals surface area contributed by atoms with Crippen LogP contribution in [-0.4, -0.2) is 76.7 Å². The highest BCUT2D eigenvalue weighted by Gasteiger charge is 2.54. The van der Waals surface area contributed by atoms with Crippen molar-refractivity contribution in [2.45, 2.75) is 198 Å². The van der Waals surface area contributed by atoms with Crippen molar-refractivity contribution >= 4 is 36.1 Å². The van der Waals surface area contributed by atoms with E-state index in [0.717, 1.165) is 96.3 Å². The molecule has 2 N–H and O–H groups in total. The van der Waals surface area contributed by atoms with Crippen LogP contribution >= 0.6 is 0 Å². The van der Waals surface area contributed by atoms with Crippen molar-refractivity contribution < 1.29 is 62.7 Å². The lowest BCUT2D eigenvalue weighted by atomic mass is 9.95. The van der Waals surface area contributed by atoms with Gasteiger partial charge in [0.15, 0.2) is 11.2 Å². The average molecular weight is 743 g/mol. The minimum atomic E-state index is -2.71. The van der Waals surface area contributed by atoms with Crippen molar-refractivity contribution in [2.24, 2.45) is 0 Å². The zero-order valence-electron chi connectivity index (χ0n) is 32.1. The third-order valence-electron chi connectivity index (χ3n) is 9.11. The molecule has 1 heterocycles. The van der Waals surface area contributed by atoms with Gasteiger partial charge >= 0.3 is 35.8 Å². The number of hydrogen-bond acceptors (Lipinski definition) is 13. The van der Waals surface area contributed by atoms with E-state index in [-0.39, 0.29) is 32.3 Å². The maximum atomic E-state index is 13.5. The van der Waals surface area contributed by atoms with Gasteiger partial charge in [-0.05, 0) is 19.3 Å². The standard InChI is InChI=1S/C39H66O13/c1-4-7-10-13-16-19-22-27-48-32(41)29-38(47,35(44)49-28-23-20-17-14-11-8-5-2)31-34(43)51-39(24-21-18-15-12-9-6-3)50-33(42)30-37(46,25-26-40)36(45)52-39/h26,46-47H,4-25,27-31H2,1-3H3. The fraction of sp³-hybridized carbons (Fsp3) is 0.846. The number of esters is 5. The molecule has 0 aromatic heterocycles. The zero-order chi connectivity index (χ0) is 38.7. The number of hydrogen-bond donors (Lipinski definition) is 2. The van der Waals surface area contributed by atoms with Crippen molar-refractivity contribution in [3.8, 4) is 0 Å². The summed E-state index contributed by atoms with van der Waals surface area (Å²) in [4.78, 5) is 76.6. The molecular formula is C39H66O13. The second kappa shape index (κ2) is 26.7. The molecule has 1 rings (SSSR count). The number of aliphatic hydroxyl groups is 2. The second-order valence-corrected chi connectivity index (χ2v) is 14.1. The molecule has 0 bridgehead atoms. The lowest BCUT2D eigenvalue weighted by Crippen LogP contribution is -2.49. The normalized spacial score (nSPS) is 19.9. The van der Waals surface area contributed by atoms with Gasteiger partial charge in [0.2, 0.25) is 0 Å². The van der Waals surface area contributed by atoms with Crippen LogP contribution in [0, 0.1) is 0 Å². The number of aldehydes is 1. The quantitative estimate of drug-likeness (QED) is 0.0325. The molecule has 13 heteroatoms. The predicted molar refractivity (Wildman–Crippen MR) is 191 cm³/mol. The van der Waals surface area contributed by atoms with Crippen LogP contribution < -0.4 is 0 Å². The molecule has 52 heavy (non-hydrogen) atoms. The van der Waals surface area contributed by atoms with E-state index in [1.54, 1.807) is 0 Å². The molecule has 1 saturated heterocycles. The fourth-order valence-corrected chi connectivity index (χ4v) is 5.94. The van der Waals surface area contributed by atoms with E-state index in [0.29, 0.717) is 19.3 Å². The Morgan fingerprint density at radius 3 is 1.67 bits per heavy atom. The van der Waals surface area contributed by atoms with Gasteiger partial charge < -0.3 is 38.7 Å². The van der Waals surface area contributed by atoms with Gasteiger partial charge in [-0.3, -0.25) is 14.4 Å². The van der Waals surface area contributed by atoms with Crippen LogP contribution in [0.2, 0.25) is 0 Å². The molecule has 13 nitrogen and oxygen atoms in total. The molecule has 1 aliphatic heterocycles. The third-order valence-corrected chi connectivity index (χ3v) is 9.11. The first-order valence-corrected chi connectivity index (χ1v) is 19.8. The van der Waals surface area contributed by atoms with E-state index < -0.39 is 72.7 Å². The van der Waals surface area contributed by atoms with Crippen molar-refractivity contribution in [3.05, 3.63) is 0 Å². The predicted octanol–water partition coefficient (Wildman–Crippen LogP) is 6.84. The van der Waals surface area contributed by atoms with Crippen LogP contribution in [0.25, 0.3) is 0 Å². The van der Waals surface area contributed by atoms with E-state index in [1.807, 2.05) is 0 Å². The van der Waals surface area contributed by atoms with Gasteiger partial charge in [0.25, 0.3) is 0 Å². The minimum Gasteiger partial charge on any atom is -0.466 e. The summed E-state index contributed by atoms with van der Waals surface area (Å²) in [5, 5.41) is 22.2. The lowest BCUT2D eigenvalue weighted by molar-refractivity contribution is -0.331. The Hall–Kier alpha value is -3.06. The van der Waals surface area contributed by atoms with Crippen molar-refractivity contribution in [1.29, 1.82) is 0 Å². The number of carbonyl (C=O) groups is 6. The SMILES string of the molecule is CCCCCCCCCOC(=O)CC(O)(CC(=O)OC1(CCCCCCCC)OC(=O)CC(O)(CC=O)C(=O)O1)C(=O)OCCCCCCCCC. The highest BCUT2D eigenvalue weighted by atomic mass is 16.9. The molecule has 1 fully saturated rings. The first kappa shape index (κ1) is 47.0. The summed E-state index contributed by atoms with van der Waals surface area (Å²) >= 11 is 0. The maximum Gasteiger partial charge on any atom is 0.423 e. The van der Waals surface area contributed by atoms with Crippen molar-refractivity contribution in [3.63, 3.8) is 0 Å². The number of unbranched alkanes of at least 4 members (excludes halogenated alkanes) is 17. The molecule has 1 aliphatic rings. The Balaban J connectivity index is 3.09.